The highest BCUT2D eigenvalue weighted by molar-refractivity contribution is 6.02. The fraction of sp³-hybridized carbons (Fsp3) is 0.575. The second-order valence-corrected chi connectivity index (χ2v) is 16.1. The first-order valence-electron chi connectivity index (χ1n) is 19.2. The molecule has 0 spiro atoms. The number of ether oxygens (including phenoxy) is 3. The minimum Gasteiger partial charge on any atom is -0.496 e. The molecule has 2 unspecified atom stereocenters. The Morgan fingerprint density at radius 3 is 2.35 bits per heavy atom. The molecule has 0 bridgehead atoms. The van der Waals surface area contributed by atoms with Crippen molar-refractivity contribution in [1.29, 1.82) is 0 Å². The zero-order valence-corrected chi connectivity index (χ0v) is 34.3. The average molecular weight is 793 g/mol. The van der Waals surface area contributed by atoms with Gasteiger partial charge in [-0.1, -0.05) is 27.7 Å². The van der Waals surface area contributed by atoms with Crippen molar-refractivity contribution in [3.63, 3.8) is 0 Å². The molecular weight excluding hydrogens is 736 g/mol. The number of nitrogens with zero attached hydrogens (tertiary/aromatic N) is 5. The first kappa shape index (κ1) is 42.8. The van der Waals surface area contributed by atoms with Crippen LogP contribution in [0.5, 0.6) is 11.5 Å². The first-order valence-corrected chi connectivity index (χ1v) is 19.2. The molecule has 2 fully saturated rings. The number of rotatable bonds is 17. The maximum atomic E-state index is 13.3. The van der Waals surface area contributed by atoms with E-state index in [1.165, 1.54) is 14.4 Å². The maximum Gasteiger partial charge on any atom is 0.276 e. The lowest BCUT2D eigenvalue weighted by Gasteiger charge is -2.40. The van der Waals surface area contributed by atoms with E-state index in [9.17, 15) is 28.8 Å². The van der Waals surface area contributed by atoms with Gasteiger partial charge < -0.3 is 39.2 Å². The minimum absolute atomic E-state index is 0.0441. The molecule has 3 aromatic rings. The molecule has 2 atom stereocenters. The molecule has 5 rings (SSSR count). The third kappa shape index (κ3) is 10.00. The normalized spacial score (nSPS) is 17.4. The Hall–Kier alpha value is -5.29. The molecular formula is C40H56N8O9. The molecule has 2 aromatic heterocycles. The number of benzene rings is 1. The number of hydrogen-bond donors (Lipinski definition) is 3. The van der Waals surface area contributed by atoms with Gasteiger partial charge in [-0.05, 0) is 36.0 Å². The summed E-state index contributed by atoms with van der Waals surface area (Å²) in [4.78, 5) is 78.8. The van der Waals surface area contributed by atoms with Gasteiger partial charge in [0.15, 0.2) is 0 Å². The number of carbonyl (C=O) groups excluding carboxylic acids is 5. The highest BCUT2D eigenvalue weighted by Crippen LogP contribution is 2.37. The number of aryl methyl sites for hydroxylation is 2. The van der Waals surface area contributed by atoms with Gasteiger partial charge in [-0.25, -0.2) is 0 Å². The summed E-state index contributed by atoms with van der Waals surface area (Å²) in [6.45, 7) is 9.74. The molecule has 57 heavy (non-hydrogen) atoms. The Balaban J connectivity index is 1.08. The zero-order valence-electron chi connectivity index (χ0n) is 34.3. The first-order chi connectivity index (χ1) is 27.0. The fourth-order valence-electron chi connectivity index (χ4n) is 7.21. The minimum atomic E-state index is -0.690. The average Bonchev–Trinajstić information content (AvgIpc) is 3.56. The smallest absolute Gasteiger partial charge is 0.276 e. The second-order valence-electron chi connectivity index (χ2n) is 16.1. The summed E-state index contributed by atoms with van der Waals surface area (Å²) in [5, 5.41) is 13.5. The van der Waals surface area contributed by atoms with E-state index < -0.39 is 22.8 Å². The number of amides is 5. The Bertz CT molecular complexity index is 2050. The van der Waals surface area contributed by atoms with Crippen molar-refractivity contribution in [1.82, 2.24) is 40.1 Å². The van der Waals surface area contributed by atoms with Crippen LogP contribution < -0.4 is 31.0 Å². The number of aromatic nitrogens is 3. The predicted molar refractivity (Wildman–Crippen MR) is 211 cm³/mol. The van der Waals surface area contributed by atoms with Crippen molar-refractivity contribution in [2.45, 2.75) is 66.0 Å². The topological polar surface area (TPSA) is 195 Å². The van der Waals surface area contributed by atoms with Gasteiger partial charge in [-0.3, -0.25) is 38.8 Å². The fourth-order valence-corrected chi connectivity index (χ4v) is 7.21. The van der Waals surface area contributed by atoms with Crippen molar-refractivity contribution in [3.8, 4) is 22.6 Å². The lowest BCUT2D eigenvalue weighted by atomic mass is 9.84. The number of fused-ring (bicyclic) bond motifs is 1. The molecule has 2 saturated heterocycles. The van der Waals surface area contributed by atoms with Gasteiger partial charge in [-0.2, -0.15) is 5.10 Å². The number of methoxy groups -OCH3 is 2. The van der Waals surface area contributed by atoms with E-state index in [-0.39, 0.29) is 68.1 Å². The van der Waals surface area contributed by atoms with Crippen LogP contribution >= 0.6 is 0 Å². The molecule has 2 aliphatic heterocycles. The molecule has 0 aliphatic carbocycles. The van der Waals surface area contributed by atoms with Gasteiger partial charge in [-0.15, -0.1) is 0 Å². The van der Waals surface area contributed by atoms with Crippen LogP contribution in [-0.2, 0) is 49.3 Å². The summed E-state index contributed by atoms with van der Waals surface area (Å²) in [5.41, 5.74) is 1.77. The summed E-state index contributed by atoms with van der Waals surface area (Å²) in [6, 6.07) is 3.06. The highest BCUT2D eigenvalue weighted by atomic mass is 16.5. The van der Waals surface area contributed by atoms with Gasteiger partial charge in [0, 0.05) is 81.2 Å². The number of hydrogen-bond acceptors (Lipinski definition) is 11. The number of pyridine rings is 1. The van der Waals surface area contributed by atoms with Crippen LogP contribution in [0.15, 0.2) is 29.3 Å². The van der Waals surface area contributed by atoms with Gasteiger partial charge in [0.2, 0.25) is 29.5 Å². The predicted octanol–water partition coefficient (Wildman–Crippen LogP) is 1.49. The molecule has 4 heterocycles. The summed E-state index contributed by atoms with van der Waals surface area (Å²) in [6.07, 6.45) is 4.76. The van der Waals surface area contributed by atoms with Crippen molar-refractivity contribution >= 4 is 40.4 Å². The summed E-state index contributed by atoms with van der Waals surface area (Å²) < 4.78 is 20.7. The zero-order chi connectivity index (χ0) is 41.7. The Morgan fingerprint density at radius 2 is 1.72 bits per heavy atom. The van der Waals surface area contributed by atoms with Crippen LogP contribution in [0.25, 0.3) is 22.0 Å². The molecule has 2 aliphatic rings. The van der Waals surface area contributed by atoms with E-state index >= 15 is 0 Å². The van der Waals surface area contributed by atoms with Crippen LogP contribution in [0.2, 0.25) is 0 Å². The Labute approximate surface area is 332 Å². The lowest BCUT2D eigenvalue weighted by molar-refractivity contribution is -0.153. The quantitative estimate of drug-likeness (QED) is 0.168. The number of piperazine rings is 1. The summed E-state index contributed by atoms with van der Waals surface area (Å²) in [7, 11) is 6.56. The summed E-state index contributed by atoms with van der Waals surface area (Å²) in [5.74, 6) is -0.351. The second kappa shape index (κ2) is 17.9. The van der Waals surface area contributed by atoms with Gasteiger partial charge >= 0.3 is 0 Å². The molecule has 3 N–H and O–H groups in total. The van der Waals surface area contributed by atoms with Gasteiger partial charge in [0.25, 0.3) is 5.56 Å². The summed E-state index contributed by atoms with van der Waals surface area (Å²) >= 11 is 0. The Kier molecular flexibility index (Phi) is 13.4. The van der Waals surface area contributed by atoms with E-state index in [1.807, 2.05) is 39.8 Å². The highest BCUT2D eigenvalue weighted by Gasteiger charge is 2.39. The number of carbonyl (C=O) groups is 5. The molecule has 310 valence electrons. The van der Waals surface area contributed by atoms with Crippen molar-refractivity contribution in [3.05, 3.63) is 40.4 Å². The molecule has 1 aromatic carbocycles. The molecule has 5 amide bonds. The van der Waals surface area contributed by atoms with Crippen LogP contribution in [0.1, 0.15) is 58.9 Å². The van der Waals surface area contributed by atoms with Crippen LogP contribution in [0, 0.1) is 10.8 Å². The van der Waals surface area contributed by atoms with Crippen molar-refractivity contribution < 1.29 is 38.2 Å². The standard InChI is InChI=1S/C40H56N8O9/c1-9-40(4,16-34(51)47-12-13-48(35(52)21-47)29-10-11-32(49)44-37(29)53)24-57-23-39(2,3)22-42-33(50)19-41-17-27-30(55-7)14-25(15-31(27)56-8)28-20-45(5)38(54)36-26(28)18-43-46(36)6/h14-15,18,20,29,41H,9-13,16-17,19,21-24H2,1-8H3,(H,42,50)(H,44,49,53). The number of nitrogens with one attached hydrogen (secondary N) is 3. The van der Waals surface area contributed by atoms with Crippen LogP contribution in [0.4, 0.5) is 0 Å². The van der Waals surface area contributed by atoms with E-state index in [4.69, 9.17) is 14.2 Å². The molecule has 17 nitrogen and oxygen atoms in total. The number of imide groups is 1. The van der Waals surface area contributed by atoms with E-state index in [0.717, 1.165) is 16.7 Å². The largest absolute Gasteiger partial charge is 0.496 e. The van der Waals surface area contributed by atoms with Gasteiger partial charge in [0.1, 0.15) is 23.1 Å². The van der Waals surface area contributed by atoms with Crippen molar-refractivity contribution in [2.75, 3.05) is 60.2 Å². The molecule has 0 saturated carbocycles. The maximum absolute atomic E-state index is 13.3. The van der Waals surface area contributed by atoms with Gasteiger partial charge in [0.05, 0.1) is 46.7 Å². The van der Waals surface area contributed by atoms with E-state index in [2.05, 4.69) is 21.0 Å². The lowest BCUT2D eigenvalue weighted by Crippen LogP contribution is -2.61. The number of piperidine rings is 1. The third-order valence-corrected chi connectivity index (χ3v) is 10.9. The van der Waals surface area contributed by atoms with E-state index in [0.29, 0.717) is 61.7 Å². The molecule has 0 radical (unpaired) electrons. The third-order valence-electron chi connectivity index (χ3n) is 10.9. The monoisotopic (exact) mass is 792 g/mol. The Morgan fingerprint density at radius 1 is 1.02 bits per heavy atom. The van der Waals surface area contributed by atoms with Crippen LogP contribution in [0.3, 0.4) is 0 Å². The van der Waals surface area contributed by atoms with Crippen molar-refractivity contribution in [2.24, 2.45) is 24.9 Å². The molecule has 17 heteroatoms. The van der Waals surface area contributed by atoms with E-state index in [1.54, 1.807) is 45.4 Å². The van der Waals surface area contributed by atoms with Crippen LogP contribution in [-0.4, -0.2) is 120 Å². The SMILES string of the molecule is CCC(C)(COCC(C)(C)CNC(=O)CNCc1c(OC)cc(-c2cn(C)c(=O)c3c2cnn3C)cc1OC)CC(=O)N1CCN(C2CCC(=O)NC2=O)C(=O)C1.